The molecule has 0 spiro atoms. The van der Waals surface area contributed by atoms with E-state index >= 15 is 0 Å². The number of aromatic nitrogens is 1. The number of nitrogens with zero attached hydrogens (tertiary/aromatic N) is 2. The first-order chi connectivity index (χ1) is 12.4. The van der Waals surface area contributed by atoms with Crippen LogP contribution < -0.4 is 9.62 Å². The van der Waals surface area contributed by atoms with Crippen molar-refractivity contribution in [2.45, 2.75) is 12.3 Å². The van der Waals surface area contributed by atoms with Crippen molar-refractivity contribution in [1.82, 2.24) is 9.71 Å². The van der Waals surface area contributed by atoms with Gasteiger partial charge in [0.1, 0.15) is 5.82 Å². The maximum absolute atomic E-state index is 12.4. The molecular weight excluding hydrogens is 397 g/mol. The van der Waals surface area contributed by atoms with Gasteiger partial charge in [-0.1, -0.05) is 35.3 Å². The molecule has 0 amide bonds. The Hall–Kier alpha value is -1.38. The Bertz CT molecular complexity index is 871. The zero-order valence-corrected chi connectivity index (χ0v) is 16.3. The highest BCUT2D eigenvalue weighted by Crippen LogP contribution is 2.23. The highest BCUT2D eigenvalue weighted by atomic mass is 35.5. The normalized spacial score (nSPS) is 15.2. The van der Waals surface area contributed by atoms with Crippen LogP contribution in [0.4, 0.5) is 5.82 Å². The van der Waals surface area contributed by atoms with Gasteiger partial charge in [-0.05, 0) is 23.8 Å². The monoisotopic (exact) mass is 415 g/mol. The van der Waals surface area contributed by atoms with Gasteiger partial charge in [-0.2, -0.15) is 0 Å². The lowest BCUT2D eigenvalue weighted by molar-refractivity contribution is 0.122. The van der Waals surface area contributed by atoms with Crippen LogP contribution in [0.15, 0.2) is 36.5 Å². The minimum Gasteiger partial charge on any atom is -0.378 e. The molecule has 0 saturated carbocycles. The molecule has 2 heterocycles. The van der Waals surface area contributed by atoms with E-state index in [9.17, 15) is 8.42 Å². The lowest BCUT2D eigenvalue weighted by atomic mass is 10.2. The van der Waals surface area contributed by atoms with Crippen molar-refractivity contribution in [2.24, 2.45) is 0 Å². The fraction of sp³-hybridized carbons (Fsp3) is 0.353. The number of ether oxygens (including phenoxy) is 1. The molecule has 140 valence electrons. The lowest BCUT2D eigenvalue weighted by Crippen LogP contribution is -2.38. The summed E-state index contributed by atoms with van der Waals surface area (Å²) >= 11 is 11.8. The fourth-order valence-corrected chi connectivity index (χ4v) is 4.13. The minimum atomic E-state index is -3.53. The molecule has 1 saturated heterocycles. The Morgan fingerprint density at radius 1 is 1.15 bits per heavy atom. The zero-order valence-electron chi connectivity index (χ0n) is 14.0. The van der Waals surface area contributed by atoms with Crippen LogP contribution in [-0.2, 0) is 27.1 Å². The van der Waals surface area contributed by atoms with E-state index < -0.39 is 10.0 Å². The van der Waals surface area contributed by atoms with Gasteiger partial charge in [0.15, 0.2) is 0 Å². The molecule has 1 fully saturated rings. The third-order valence-electron chi connectivity index (χ3n) is 4.00. The quantitative estimate of drug-likeness (QED) is 0.784. The van der Waals surface area contributed by atoms with E-state index in [1.807, 2.05) is 6.07 Å². The summed E-state index contributed by atoms with van der Waals surface area (Å²) < 4.78 is 32.8. The van der Waals surface area contributed by atoms with Crippen molar-refractivity contribution >= 4 is 39.0 Å². The molecule has 0 radical (unpaired) electrons. The van der Waals surface area contributed by atoms with Gasteiger partial charge in [-0.3, -0.25) is 0 Å². The number of morpholine rings is 1. The van der Waals surface area contributed by atoms with E-state index in [1.165, 1.54) is 0 Å². The van der Waals surface area contributed by atoms with Gasteiger partial charge in [0.05, 0.1) is 29.0 Å². The van der Waals surface area contributed by atoms with Crippen LogP contribution in [0.5, 0.6) is 0 Å². The van der Waals surface area contributed by atoms with E-state index in [1.54, 1.807) is 30.5 Å². The minimum absolute atomic E-state index is 0.170. The average molecular weight is 416 g/mol. The summed E-state index contributed by atoms with van der Waals surface area (Å²) in [5, 5.41) is 0.729. The highest BCUT2D eigenvalue weighted by Gasteiger charge is 2.18. The molecule has 0 bridgehead atoms. The molecule has 9 heteroatoms. The van der Waals surface area contributed by atoms with Crippen molar-refractivity contribution in [3.63, 3.8) is 0 Å². The van der Waals surface area contributed by atoms with E-state index in [4.69, 9.17) is 27.9 Å². The van der Waals surface area contributed by atoms with Gasteiger partial charge in [0.25, 0.3) is 0 Å². The molecule has 1 N–H and O–H groups in total. The van der Waals surface area contributed by atoms with E-state index in [-0.39, 0.29) is 12.3 Å². The van der Waals surface area contributed by atoms with Crippen LogP contribution in [0, 0.1) is 0 Å². The number of halogens is 2. The molecule has 1 aliphatic heterocycles. The number of anilines is 1. The number of rotatable bonds is 6. The molecular formula is C17H19Cl2N3O3S. The summed E-state index contributed by atoms with van der Waals surface area (Å²) in [6.07, 6.45) is 1.71. The largest absolute Gasteiger partial charge is 0.378 e. The Balaban J connectivity index is 1.68. The maximum atomic E-state index is 12.4. The highest BCUT2D eigenvalue weighted by molar-refractivity contribution is 7.88. The standard InChI is InChI=1S/C17H19Cl2N3O3S/c18-15-4-3-13(10-16(15)19)12-26(23,24)21-11-14-2-1-5-20-17(14)22-6-8-25-9-7-22/h1-5,10,21H,6-9,11-12H2. The first-order valence-electron chi connectivity index (χ1n) is 8.12. The van der Waals surface area contributed by atoms with Gasteiger partial charge in [0, 0.05) is 31.4 Å². The second-order valence-corrected chi connectivity index (χ2v) is 8.54. The number of nitrogens with one attached hydrogen (secondary N) is 1. The molecule has 3 rings (SSSR count). The van der Waals surface area contributed by atoms with Crippen LogP contribution >= 0.6 is 23.2 Å². The number of pyridine rings is 1. The SMILES string of the molecule is O=S(=O)(Cc1ccc(Cl)c(Cl)c1)NCc1cccnc1N1CCOCC1. The molecule has 0 aliphatic carbocycles. The second-order valence-electron chi connectivity index (χ2n) is 5.91. The Labute approximate surface area is 163 Å². The third kappa shape index (κ3) is 5.08. The summed E-state index contributed by atoms with van der Waals surface area (Å²) in [5.41, 5.74) is 1.40. The van der Waals surface area contributed by atoms with Crippen LogP contribution in [0.3, 0.4) is 0 Å². The first-order valence-corrected chi connectivity index (χ1v) is 10.5. The molecule has 1 aromatic carbocycles. The maximum Gasteiger partial charge on any atom is 0.216 e. The molecule has 2 aromatic rings. The van der Waals surface area contributed by atoms with Gasteiger partial charge in [-0.25, -0.2) is 18.1 Å². The van der Waals surface area contributed by atoms with Crippen molar-refractivity contribution < 1.29 is 13.2 Å². The predicted octanol–water partition coefficient (Wildman–Crippen LogP) is 2.84. The second kappa shape index (κ2) is 8.54. The van der Waals surface area contributed by atoms with E-state index in [0.717, 1.165) is 24.5 Å². The molecule has 1 aromatic heterocycles. The van der Waals surface area contributed by atoms with Crippen LogP contribution in [0.25, 0.3) is 0 Å². The summed E-state index contributed by atoms with van der Waals surface area (Å²) in [6.45, 7) is 2.92. The Morgan fingerprint density at radius 3 is 2.65 bits per heavy atom. The third-order valence-corrected chi connectivity index (χ3v) is 6.04. The summed E-state index contributed by atoms with van der Waals surface area (Å²) in [5.74, 6) is 0.616. The predicted molar refractivity (Wildman–Crippen MR) is 103 cm³/mol. The first kappa shape index (κ1) is 19.4. The van der Waals surface area contributed by atoms with Crippen molar-refractivity contribution in [2.75, 3.05) is 31.2 Å². The molecule has 26 heavy (non-hydrogen) atoms. The van der Waals surface area contributed by atoms with Crippen LogP contribution in [-0.4, -0.2) is 39.7 Å². The van der Waals surface area contributed by atoms with Crippen molar-refractivity contribution in [3.8, 4) is 0 Å². The molecule has 6 nitrogen and oxygen atoms in total. The zero-order chi connectivity index (χ0) is 18.6. The average Bonchev–Trinajstić information content (AvgIpc) is 2.64. The summed E-state index contributed by atoms with van der Waals surface area (Å²) in [4.78, 5) is 6.52. The number of hydrogen-bond donors (Lipinski definition) is 1. The smallest absolute Gasteiger partial charge is 0.216 e. The molecule has 0 unspecified atom stereocenters. The van der Waals surface area contributed by atoms with Crippen molar-refractivity contribution in [3.05, 3.63) is 57.7 Å². The lowest BCUT2D eigenvalue weighted by Gasteiger charge is -2.29. The molecule has 0 atom stereocenters. The fourth-order valence-electron chi connectivity index (χ4n) is 2.72. The summed E-state index contributed by atoms with van der Waals surface area (Å²) in [7, 11) is -3.53. The van der Waals surface area contributed by atoms with Crippen LogP contribution in [0.2, 0.25) is 10.0 Å². The van der Waals surface area contributed by atoms with Gasteiger partial charge < -0.3 is 9.64 Å². The van der Waals surface area contributed by atoms with E-state index in [2.05, 4.69) is 14.6 Å². The number of benzene rings is 1. The van der Waals surface area contributed by atoms with Crippen molar-refractivity contribution in [1.29, 1.82) is 0 Å². The van der Waals surface area contributed by atoms with E-state index in [0.29, 0.717) is 28.8 Å². The topological polar surface area (TPSA) is 71.5 Å². The van der Waals surface area contributed by atoms with Gasteiger partial charge >= 0.3 is 0 Å². The number of sulfonamides is 1. The Morgan fingerprint density at radius 2 is 1.92 bits per heavy atom. The molecule has 1 aliphatic rings. The van der Waals surface area contributed by atoms with Gasteiger partial charge in [-0.15, -0.1) is 0 Å². The van der Waals surface area contributed by atoms with Gasteiger partial charge in [0.2, 0.25) is 10.0 Å². The Kier molecular flexibility index (Phi) is 6.37. The summed E-state index contributed by atoms with van der Waals surface area (Å²) in [6, 6.07) is 8.47. The number of hydrogen-bond acceptors (Lipinski definition) is 5. The van der Waals surface area contributed by atoms with Crippen LogP contribution in [0.1, 0.15) is 11.1 Å².